The van der Waals surface area contributed by atoms with Gasteiger partial charge in [-0.1, -0.05) is 49.8 Å². The highest BCUT2D eigenvalue weighted by Crippen LogP contribution is 2.34. The summed E-state index contributed by atoms with van der Waals surface area (Å²) in [5.41, 5.74) is 2.60. The number of allylic oxidation sites excluding steroid dienone is 2. The minimum absolute atomic E-state index is 0.0392. The maximum Gasteiger partial charge on any atom is 0.251 e. The van der Waals surface area contributed by atoms with Crippen molar-refractivity contribution in [2.75, 3.05) is 7.11 Å². The third-order valence-electron chi connectivity index (χ3n) is 5.54. The molecule has 0 aliphatic heterocycles. The van der Waals surface area contributed by atoms with Gasteiger partial charge < -0.3 is 15.2 Å². The number of hydrogen-bond donors (Lipinski definition) is 2. The van der Waals surface area contributed by atoms with E-state index in [1.54, 1.807) is 7.11 Å². The second-order valence-corrected chi connectivity index (χ2v) is 7.62. The zero-order valence-corrected chi connectivity index (χ0v) is 16.7. The Hall–Kier alpha value is -2.07. The Bertz CT molecular complexity index is 733. The second-order valence-electron chi connectivity index (χ2n) is 7.62. The molecule has 0 fully saturated rings. The van der Waals surface area contributed by atoms with E-state index in [4.69, 9.17) is 4.74 Å². The minimum atomic E-state index is -0.804. The van der Waals surface area contributed by atoms with Crippen molar-refractivity contribution in [3.05, 3.63) is 58.4 Å². The number of carbonyl (C=O) groups excluding carboxylic acids is 1. The molecule has 0 spiro atoms. The molecule has 0 saturated carbocycles. The molecule has 1 aromatic carbocycles. The van der Waals surface area contributed by atoms with Crippen LogP contribution in [-0.4, -0.2) is 23.7 Å². The molecule has 2 atom stereocenters. The number of benzene rings is 1. The lowest BCUT2D eigenvalue weighted by Crippen LogP contribution is -2.54. The monoisotopic (exact) mass is 357 g/mol. The van der Waals surface area contributed by atoms with E-state index in [-0.39, 0.29) is 11.8 Å². The third-order valence-corrected chi connectivity index (χ3v) is 5.54. The Balaban J connectivity index is 2.31. The first-order valence-electron chi connectivity index (χ1n) is 9.22. The van der Waals surface area contributed by atoms with Crippen molar-refractivity contribution in [1.82, 2.24) is 5.32 Å². The molecule has 1 aliphatic rings. The summed E-state index contributed by atoms with van der Waals surface area (Å²) in [7, 11) is 1.64. The first-order valence-corrected chi connectivity index (χ1v) is 9.22. The lowest BCUT2D eigenvalue weighted by atomic mass is 9.79. The standard InChI is InChI=1S/C22H31NO3/c1-14(2)22(5,20(24)17-10-7-9-15(3)13-17)23-21(25)18-11-8-12-19(26-6)16(18)4/h7,9-11,13-14,20,24H,8,12H2,1-6H3,(H,23,25). The van der Waals surface area contributed by atoms with Crippen LogP contribution in [0.25, 0.3) is 0 Å². The van der Waals surface area contributed by atoms with Gasteiger partial charge in [0, 0.05) is 12.0 Å². The summed E-state index contributed by atoms with van der Waals surface area (Å²) in [6.07, 6.45) is 2.74. The van der Waals surface area contributed by atoms with Gasteiger partial charge in [-0.2, -0.15) is 0 Å². The molecule has 2 N–H and O–H groups in total. The third kappa shape index (κ3) is 4.01. The summed E-state index contributed by atoms with van der Waals surface area (Å²) >= 11 is 0. The Morgan fingerprint density at radius 3 is 2.58 bits per heavy atom. The zero-order chi connectivity index (χ0) is 19.5. The van der Waals surface area contributed by atoms with Crippen LogP contribution in [0.5, 0.6) is 0 Å². The van der Waals surface area contributed by atoms with Crippen molar-refractivity contribution < 1.29 is 14.6 Å². The molecule has 1 aromatic rings. The van der Waals surface area contributed by atoms with Crippen molar-refractivity contribution >= 4 is 5.91 Å². The summed E-state index contributed by atoms with van der Waals surface area (Å²) in [5.74, 6) is 0.722. The number of hydrogen-bond acceptors (Lipinski definition) is 3. The van der Waals surface area contributed by atoms with Gasteiger partial charge in [0.05, 0.1) is 18.4 Å². The van der Waals surface area contributed by atoms with Crippen molar-refractivity contribution in [3.63, 3.8) is 0 Å². The molecule has 2 rings (SSSR count). The van der Waals surface area contributed by atoms with E-state index in [2.05, 4.69) is 5.32 Å². The van der Waals surface area contributed by atoms with Crippen LogP contribution in [0.3, 0.4) is 0 Å². The van der Waals surface area contributed by atoms with Gasteiger partial charge in [-0.3, -0.25) is 4.79 Å². The van der Waals surface area contributed by atoms with Crippen LogP contribution >= 0.6 is 0 Å². The highest BCUT2D eigenvalue weighted by Gasteiger charge is 2.39. The SMILES string of the molecule is COC1=C(C)C(C(=O)NC(C)(C(C)C)C(O)c2cccc(C)c2)=CCC1. The molecule has 0 saturated heterocycles. The molecule has 0 radical (unpaired) electrons. The highest BCUT2D eigenvalue weighted by molar-refractivity contribution is 5.98. The Morgan fingerprint density at radius 1 is 1.31 bits per heavy atom. The van der Waals surface area contributed by atoms with Crippen molar-refractivity contribution in [1.29, 1.82) is 0 Å². The van der Waals surface area contributed by atoms with Gasteiger partial charge in [0.15, 0.2) is 0 Å². The average Bonchev–Trinajstić information content (AvgIpc) is 2.60. The number of methoxy groups -OCH3 is 1. The summed E-state index contributed by atoms with van der Waals surface area (Å²) in [5, 5.41) is 14.2. The van der Waals surface area contributed by atoms with E-state index in [9.17, 15) is 9.90 Å². The highest BCUT2D eigenvalue weighted by atomic mass is 16.5. The number of carbonyl (C=O) groups is 1. The Kier molecular flexibility index (Phi) is 6.30. The molecule has 0 bridgehead atoms. The van der Waals surface area contributed by atoms with Crippen LogP contribution in [0.2, 0.25) is 0 Å². The topological polar surface area (TPSA) is 58.6 Å². The zero-order valence-electron chi connectivity index (χ0n) is 16.7. The van der Waals surface area contributed by atoms with Crippen molar-refractivity contribution in [2.24, 2.45) is 5.92 Å². The summed E-state index contributed by atoms with van der Waals surface area (Å²) in [4.78, 5) is 13.0. The maximum absolute atomic E-state index is 13.0. The molecule has 142 valence electrons. The number of ether oxygens (including phenoxy) is 1. The largest absolute Gasteiger partial charge is 0.501 e. The number of aliphatic hydroxyl groups is 1. The Morgan fingerprint density at radius 2 is 2.00 bits per heavy atom. The first kappa shape index (κ1) is 20.2. The Labute approximate surface area is 157 Å². The molecule has 1 amide bonds. The summed E-state index contributed by atoms with van der Waals surface area (Å²) < 4.78 is 5.40. The number of rotatable bonds is 6. The fraction of sp³-hybridized carbons (Fsp3) is 0.500. The molecule has 26 heavy (non-hydrogen) atoms. The smallest absolute Gasteiger partial charge is 0.251 e. The molecule has 0 heterocycles. The van der Waals surface area contributed by atoms with Gasteiger partial charge in [-0.25, -0.2) is 0 Å². The second kappa shape index (κ2) is 8.09. The summed E-state index contributed by atoms with van der Waals surface area (Å²) in [6, 6.07) is 7.79. The van der Waals surface area contributed by atoms with Gasteiger partial charge >= 0.3 is 0 Å². The van der Waals surface area contributed by atoms with E-state index >= 15 is 0 Å². The van der Waals surface area contributed by atoms with Gasteiger partial charge in [-0.05, 0) is 44.2 Å². The van der Waals surface area contributed by atoms with E-state index in [0.29, 0.717) is 5.57 Å². The molecule has 4 heteroatoms. The average molecular weight is 357 g/mol. The predicted molar refractivity (Wildman–Crippen MR) is 105 cm³/mol. The quantitative estimate of drug-likeness (QED) is 0.802. The van der Waals surface area contributed by atoms with E-state index in [1.807, 2.05) is 65.0 Å². The number of amides is 1. The number of aryl methyl sites for hydroxylation is 1. The lowest BCUT2D eigenvalue weighted by molar-refractivity contribution is -0.121. The van der Waals surface area contributed by atoms with Gasteiger partial charge in [0.25, 0.3) is 5.91 Å². The van der Waals surface area contributed by atoms with Crippen LogP contribution < -0.4 is 5.32 Å². The number of nitrogens with one attached hydrogen (secondary N) is 1. The lowest BCUT2D eigenvalue weighted by Gasteiger charge is -2.40. The fourth-order valence-corrected chi connectivity index (χ4v) is 3.38. The maximum atomic E-state index is 13.0. The van der Waals surface area contributed by atoms with Crippen molar-refractivity contribution in [2.45, 2.75) is 59.1 Å². The molecular weight excluding hydrogens is 326 g/mol. The normalized spacial score (nSPS) is 18.2. The molecule has 2 unspecified atom stereocenters. The molecule has 1 aliphatic carbocycles. The van der Waals surface area contributed by atoms with Gasteiger partial charge in [-0.15, -0.1) is 0 Å². The van der Waals surface area contributed by atoms with Crippen LogP contribution in [0, 0.1) is 12.8 Å². The summed E-state index contributed by atoms with van der Waals surface area (Å²) in [6.45, 7) is 9.83. The van der Waals surface area contributed by atoms with Crippen LogP contribution in [0.15, 0.2) is 47.2 Å². The molecular formula is C22H31NO3. The predicted octanol–water partition coefficient (Wildman–Crippen LogP) is 4.20. The van der Waals surface area contributed by atoms with E-state index in [1.165, 1.54) is 0 Å². The minimum Gasteiger partial charge on any atom is -0.501 e. The van der Waals surface area contributed by atoms with Gasteiger partial charge in [0.2, 0.25) is 0 Å². The van der Waals surface area contributed by atoms with Crippen LogP contribution in [0.1, 0.15) is 57.8 Å². The molecule has 4 nitrogen and oxygen atoms in total. The molecule has 0 aromatic heterocycles. The van der Waals surface area contributed by atoms with E-state index < -0.39 is 11.6 Å². The first-order chi connectivity index (χ1) is 12.2. The number of aliphatic hydroxyl groups excluding tert-OH is 1. The van der Waals surface area contributed by atoms with Gasteiger partial charge in [0.1, 0.15) is 6.10 Å². The van der Waals surface area contributed by atoms with E-state index in [0.717, 1.165) is 35.3 Å². The fourth-order valence-electron chi connectivity index (χ4n) is 3.38. The van der Waals surface area contributed by atoms with Crippen LogP contribution in [-0.2, 0) is 9.53 Å². The van der Waals surface area contributed by atoms with Crippen molar-refractivity contribution in [3.8, 4) is 0 Å². The van der Waals surface area contributed by atoms with Crippen LogP contribution in [0.4, 0.5) is 0 Å².